The maximum atomic E-state index is 11.9. The van der Waals surface area contributed by atoms with Crippen molar-refractivity contribution in [3.63, 3.8) is 0 Å². The Labute approximate surface area is 117 Å². The Morgan fingerprint density at radius 2 is 2.17 bits per heavy atom. The summed E-state index contributed by atoms with van der Waals surface area (Å²) in [7, 11) is 0. The van der Waals surface area contributed by atoms with Crippen LogP contribution in [0.5, 0.6) is 0 Å². The molecule has 0 aliphatic carbocycles. The highest BCUT2D eigenvalue weighted by atomic mass is 35.5. The first-order valence-corrected chi connectivity index (χ1v) is 6.50. The molecule has 0 saturated carbocycles. The van der Waals surface area contributed by atoms with Crippen molar-refractivity contribution >= 4 is 18.3 Å². The second-order valence-electron chi connectivity index (χ2n) is 6.09. The van der Waals surface area contributed by atoms with E-state index in [0.29, 0.717) is 18.6 Å². The Balaban J connectivity index is 0.00000289. The monoisotopic (exact) mass is 278 g/mol. The van der Waals surface area contributed by atoms with Gasteiger partial charge in [-0.15, -0.1) is 12.4 Å². The molecule has 0 aromatic rings. The minimum atomic E-state index is -0.180. The first-order valence-electron chi connectivity index (χ1n) is 6.50. The van der Waals surface area contributed by atoms with E-state index in [1.807, 2.05) is 0 Å². The van der Waals surface area contributed by atoms with Crippen LogP contribution in [-0.4, -0.2) is 37.7 Å². The van der Waals surface area contributed by atoms with Gasteiger partial charge in [0.1, 0.15) is 6.04 Å². The first-order chi connectivity index (χ1) is 7.88. The number of amides is 1. The van der Waals surface area contributed by atoms with E-state index in [2.05, 4.69) is 38.3 Å². The molecule has 1 aliphatic rings. The van der Waals surface area contributed by atoms with Gasteiger partial charge in [0.25, 0.3) is 0 Å². The van der Waals surface area contributed by atoms with Gasteiger partial charge < -0.3 is 15.4 Å². The maximum Gasteiger partial charge on any atom is 0.239 e. The summed E-state index contributed by atoms with van der Waals surface area (Å²) >= 11 is 0. The second kappa shape index (κ2) is 7.97. The van der Waals surface area contributed by atoms with Crippen molar-refractivity contribution in [1.82, 2.24) is 10.6 Å². The van der Waals surface area contributed by atoms with Gasteiger partial charge in [-0.25, -0.2) is 0 Å². The molecule has 0 spiro atoms. The van der Waals surface area contributed by atoms with Gasteiger partial charge in [-0.05, 0) is 25.2 Å². The summed E-state index contributed by atoms with van der Waals surface area (Å²) in [6.07, 6.45) is 2.13. The second-order valence-corrected chi connectivity index (χ2v) is 6.09. The Hall–Kier alpha value is -0.320. The smallest absolute Gasteiger partial charge is 0.239 e. The van der Waals surface area contributed by atoms with Crippen molar-refractivity contribution < 1.29 is 9.53 Å². The van der Waals surface area contributed by atoms with E-state index in [-0.39, 0.29) is 30.4 Å². The van der Waals surface area contributed by atoms with Crippen LogP contribution in [0.2, 0.25) is 0 Å². The van der Waals surface area contributed by atoms with Crippen molar-refractivity contribution in [3.8, 4) is 0 Å². The summed E-state index contributed by atoms with van der Waals surface area (Å²) in [6.45, 7) is 10.7. The number of nitrogens with one attached hydrogen (secondary N) is 2. The molecule has 4 nitrogen and oxygen atoms in total. The fraction of sp³-hybridized carbons (Fsp3) is 0.923. The molecular formula is C13H27ClN2O2. The lowest BCUT2D eigenvalue weighted by molar-refractivity contribution is -0.126. The van der Waals surface area contributed by atoms with Crippen molar-refractivity contribution in [2.75, 3.05) is 19.8 Å². The number of hydrogen-bond acceptors (Lipinski definition) is 3. The lowest BCUT2D eigenvalue weighted by Gasteiger charge is -2.26. The lowest BCUT2D eigenvalue weighted by Crippen LogP contribution is -2.52. The van der Waals surface area contributed by atoms with Crippen LogP contribution >= 0.6 is 12.4 Å². The number of carbonyl (C=O) groups excluding carboxylic acids is 1. The van der Waals surface area contributed by atoms with E-state index in [1.165, 1.54) is 0 Å². The summed E-state index contributed by atoms with van der Waals surface area (Å²) in [5, 5.41) is 6.20. The number of carbonyl (C=O) groups is 1. The molecule has 1 aliphatic heterocycles. The number of rotatable bonds is 4. The number of halogens is 1. The largest absolute Gasteiger partial charge is 0.378 e. The van der Waals surface area contributed by atoms with Gasteiger partial charge in [0.05, 0.1) is 13.2 Å². The van der Waals surface area contributed by atoms with Crippen LogP contribution in [0.4, 0.5) is 0 Å². The van der Waals surface area contributed by atoms with E-state index < -0.39 is 0 Å². The number of morpholine rings is 1. The van der Waals surface area contributed by atoms with Crippen molar-refractivity contribution in [3.05, 3.63) is 0 Å². The quantitative estimate of drug-likeness (QED) is 0.823. The maximum absolute atomic E-state index is 11.9. The molecule has 2 atom stereocenters. The van der Waals surface area contributed by atoms with E-state index in [0.717, 1.165) is 19.4 Å². The third-order valence-electron chi connectivity index (χ3n) is 2.95. The zero-order chi connectivity index (χ0) is 12.9. The van der Waals surface area contributed by atoms with Gasteiger partial charge in [-0.1, -0.05) is 20.8 Å². The van der Waals surface area contributed by atoms with Crippen LogP contribution in [-0.2, 0) is 9.53 Å². The molecule has 1 saturated heterocycles. The van der Waals surface area contributed by atoms with Crippen LogP contribution in [0.1, 0.15) is 40.5 Å². The molecule has 1 heterocycles. The van der Waals surface area contributed by atoms with Gasteiger partial charge in [-0.2, -0.15) is 0 Å². The van der Waals surface area contributed by atoms with Crippen LogP contribution in [0.15, 0.2) is 0 Å². The highest BCUT2D eigenvalue weighted by Gasteiger charge is 2.22. The van der Waals surface area contributed by atoms with Crippen molar-refractivity contribution in [2.24, 2.45) is 5.41 Å². The van der Waals surface area contributed by atoms with Gasteiger partial charge in [0.2, 0.25) is 5.91 Å². The van der Waals surface area contributed by atoms with Gasteiger partial charge in [-0.3, -0.25) is 4.79 Å². The summed E-state index contributed by atoms with van der Waals surface area (Å²) in [4.78, 5) is 11.9. The summed E-state index contributed by atoms with van der Waals surface area (Å²) in [5.41, 5.74) is 0.325. The Morgan fingerprint density at radius 3 is 2.67 bits per heavy atom. The number of hydrogen-bond donors (Lipinski definition) is 2. The van der Waals surface area contributed by atoms with Crippen molar-refractivity contribution in [1.29, 1.82) is 0 Å². The van der Waals surface area contributed by atoms with Crippen LogP contribution in [0.25, 0.3) is 0 Å². The zero-order valence-corrected chi connectivity index (χ0v) is 12.7. The average Bonchev–Trinajstić information content (AvgIpc) is 2.27. The predicted molar refractivity (Wildman–Crippen MR) is 76.2 cm³/mol. The lowest BCUT2D eigenvalue weighted by atomic mass is 9.89. The normalized spacial score (nSPS) is 21.9. The SMILES string of the molecule is CC(CCC(C)(C)C)NC(=O)C1COCCN1.Cl. The number of ether oxygens (including phenoxy) is 1. The summed E-state index contributed by atoms with van der Waals surface area (Å²) in [6, 6.07) is 0.0475. The van der Waals surface area contributed by atoms with Gasteiger partial charge >= 0.3 is 0 Å². The Morgan fingerprint density at radius 1 is 1.50 bits per heavy atom. The third-order valence-corrected chi connectivity index (χ3v) is 2.95. The summed E-state index contributed by atoms with van der Waals surface area (Å²) in [5.74, 6) is 0.0612. The highest BCUT2D eigenvalue weighted by molar-refractivity contribution is 5.85. The van der Waals surface area contributed by atoms with Gasteiger partial charge in [0, 0.05) is 12.6 Å². The molecule has 0 bridgehead atoms. The zero-order valence-electron chi connectivity index (χ0n) is 11.9. The molecule has 5 heteroatoms. The minimum absolute atomic E-state index is 0. The van der Waals surface area contributed by atoms with Gasteiger partial charge in [0.15, 0.2) is 0 Å². The molecule has 0 aromatic heterocycles. The fourth-order valence-corrected chi connectivity index (χ4v) is 1.80. The van der Waals surface area contributed by atoms with Crippen LogP contribution in [0, 0.1) is 5.41 Å². The molecular weight excluding hydrogens is 252 g/mol. The molecule has 0 radical (unpaired) electrons. The first kappa shape index (κ1) is 17.7. The molecule has 1 fully saturated rings. The molecule has 2 N–H and O–H groups in total. The molecule has 0 aromatic carbocycles. The van der Waals surface area contributed by atoms with Crippen LogP contribution in [0.3, 0.4) is 0 Å². The third kappa shape index (κ3) is 7.19. The molecule has 108 valence electrons. The van der Waals surface area contributed by atoms with E-state index in [4.69, 9.17) is 4.74 Å². The molecule has 2 unspecified atom stereocenters. The van der Waals surface area contributed by atoms with E-state index in [9.17, 15) is 4.79 Å². The Kier molecular flexibility index (Phi) is 7.83. The predicted octanol–water partition coefficient (Wildman–Crippen LogP) is 1.73. The standard InChI is InChI=1S/C13H26N2O2.ClH/c1-10(5-6-13(2,3)4)15-12(16)11-9-17-8-7-14-11;/h10-11,14H,5-9H2,1-4H3,(H,15,16);1H. The molecule has 18 heavy (non-hydrogen) atoms. The van der Waals surface area contributed by atoms with E-state index >= 15 is 0 Å². The summed E-state index contributed by atoms with van der Waals surface area (Å²) < 4.78 is 5.28. The topological polar surface area (TPSA) is 50.4 Å². The highest BCUT2D eigenvalue weighted by Crippen LogP contribution is 2.21. The van der Waals surface area contributed by atoms with Crippen molar-refractivity contribution in [2.45, 2.75) is 52.6 Å². The average molecular weight is 279 g/mol. The van der Waals surface area contributed by atoms with Crippen LogP contribution < -0.4 is 10.6 Å². The molecule has 1 amide bonds. The van der Waals surface area contributed by atoms with E-state index in [1.54, 1.807) is 0 Å². The molecule has 1 rings (SSSR count). The fourth-order valence-electron chi connectivity index (χ4n) is 1.80. The minimum Gasteiger partial charge on any atom is -0.378 e. The Bertz CT molecular complexity index is 248.